The maximum absolute atomic E-state index is 14.5. The number of aliphatic hydroxyl groups is 1. The number of amides is 11. The van der Waals surface area contributed by atoms with Gasteiger partial charge in [0.15, 0.2) is 5.96 Å². The number of hydroxylamine groups is 1. The third-order valence-electron chi connectivity index (χ3n) is 15.0. The highest BCUT2D eigenvalue weighted by molar-refractivity contribution is 5.99. The number of unbranched alkanes of at least 4 members (excludes halogenated alkanes) is 1. The summed E-state index contributed by atoms with van der Waals surface area (Å²) in [6, 6.07) is -7.48. The van der Waals surface area contributed by atoms with Gasteiger partial charge in [-0.05, 0) is 88.7 Å². The first-order valence-corrected chi connectivity index (χ1v) is 31.6. The zero-order valence-electron chi connectivity index (χ0n) is 55.1. The number of aliphatic imine (C=N–C) groups is 1. The molecule has 11 amide bonds. The second kappa shape index (κ2) is 44.3. The van der Waals surface area contributed by atoms with Gasteiger partial charge in [0.05, 0.1) is 26.1 Å². The highest BCUT2D eigenvalue weighted by Crippen LogP contribution is 2.14. The second-order valence-electron chi connectivity index (χ2n) is 23.4. The molecule has 0 saturated carbocycles. The molecule has 1 heterocycles. The fourth-order valence-electron chi connectivity index (χ4n) is 9.39. The quantitative estimate of drug-likeness (QED) is 0.0127. The molecule has 2 rings (SSSR count). The number of aliphatic hydroxyl groups excluding tert-OH is 1. The van der Waals surface area contributed by atoms with E-state index in [2.05, 4.69) is 73.6 Å². The van der Waals surface area contributed by atoms with Crippen molar-refractivity contribution in [2.75, 3.05) is 33.4 Å². The van der Waals surface area contributed by atoms with Crippen LogP contribution in [0.4, 0.5) is 0 Å². The number of carbonyl (C=O) groups excluding carboxylic acids is 11. The van der Waals surface area contributed by atoms with Crippen LogP contribution in [-0.4, -0.2) is 208 Å². The molecule has 36 nitrogen and oxygen atoms in total. The van der Waals surface area contributed by atoms with Gasteiger partial charge in [-0.3, -0.25) is 67.3 Å². The topological polar surface area (TPSA) is 595 Å². The molecule has 0 bridgehead atoms. The maximum atomic E-state index is 14.5. The van der Waals surface area contributed by atoms with Crippen molar-refractivity contribution in [1.82, 2.24) is 68.6 Å². The molecule has 0 unspecified atom stereocenters. The summed E-state index contributed by atoms with van der Waals surface area (Å²) in [5.74, 6) is -13.9. The van der Waals surface area contributed by atoms with Gasteiger partial charge < -0.3 is 107 Å². The van der Waals surface area contributed by atoms with Crippen molar-refractivity contribution < 1.29 is 82.5 Å². The number of carbonyl (C=O) groups is 13. The molecule has 0 aliphatic carbocycles. The Hall–Kier alpha value is -9.39. The Morgan fingerprint density at radius 2 is 1.07 bits per heavy atom. The number of hydrogen-bond acceptors (Lipinski definition) is 20. The molecule has 36 heteroatoms. The number of nitrogens with zero attached hydrogens (tertiary/aromatic N) is 2. The Morgan fingerprint density at radius 1 is 0.573 bits per heavy atom. The lowest BCUT2D eigenvalue weighted by Crippen LogP contribution is -2.62. The van der Waals surface area contributed by atoms with Crippen molar-refractivity contribution in [2.24, 2.45) is 45.5 Å². The number of benzene rings is 1. The van der Waals surface area contributed by atoms with E-state index in [1.165, 1.54) is 26.6 Å². The first kappa shape index (κ1) is 82.7. The number of H-pyrrole nitrogens is 1. The number of imidazole rings is 1. The van der Waals surface area contributed by atoms with E-state index in [0.29, 0.717) is 17.7 Å². The number of carboxylic acid groups (broad SMARTS) is 2. The van der Waals surface area contributed by atoms with Crippen molar-refractivity contribution in [3.8, 4) is 0 Å². The number of primary amides is 1. The smallest absolute Gasteiger partial charge is 0.303 e. The van der Waals surface area contributed by atoms with Gasteiger partial charge in [0.1, 0.15) is 60.4 Å². The highest BCUT2D eigenvalue weighted by Gasteiger charge is 2.37. The summed E-state index contributed by atoms with van der Waals surface area (Å²) in [6.07, 6.45) is 1.31. The van der Waals surface area contributed by atoms with E-state index in [-0.39, 0.29) is 95.7 Å². The molecule has 25 N–H and O–H groups in total. The summed E-state index contributed by atoms with van der Waals surface area (Å²) in [5, 5.41) is 54.8. The Balaban J connectivity index is 2.46. The van der Waals surface area contributed by atoms with E-state index in [1.807, 2.05) is 0 Å². The van der Waals surface area contributed by atoms with Crippen LogP contribution in [0.1, 0.15) is 123 Å². The van der Waals surface area contributed by atoms with Gasteiger partial charge in [0, 0.05) is 50.7 Å². The highest BCUT2D eigenvalue weighted by atomic mass is 16.6. The number of aromatic nitrogens is 2. The van der Waals surface area contributed by atoms with E-state index in [0.717, 1.165) is 0 Å². The number of aliphatic carboxylic acids is 2. The van der Waals surface area contributed by atoms with Gasteiger partial charge in [-0.15, -0.1) is 0 Å². The van der Waals surface area contributed by atoms with Gasteiger partial charge in [-0.25, -0.2) is 10.5 Å². The predicted octanol–water partition coefficient (Wildman–Crippen LogP) is -5.59. The molecule has 536 valence electrons. The molecule has 0 fully saturated rings. The molecular weight excluding hydrogens is 1260 g/mol. The zero-order chi connectivity index (χ0) is 72.0. The monoisotopic (exact) mass is 1360 g/mol. The van der Waals surface area contributed by atoms with Crippen LogP contribution in [0.15, 0.2) is 47.8 Å². The molecule has 1 aromatic heterocycles. The Kier molecular flexibility index (Phi) is 38.2. The summed E-state index contributed by atoms with van der Waals surface area (Å²) in [4.78, 5) is 191. The number of nitrogens with two attached hydrogens (primary N) is 5. The van der Waals surface area contributed by atoms with Crippen LogP contribution >= 0.6 is 0 Å². The first-order chi connectivity index (χ1) is 45.4. The standard InChI is InChI=1S/C60H99N19O17/c1-7-33(4)48(59(95)74-41(22-25-69-96-6)54(90)73-40(19-21-47(83)84)53(89)72-39(16-11-12-23-61)52(88)70-34(5)50(86)71-38(49(63)85)17-13-24-67-60(64)65)79-58(94)45(30-80)78-57(93)44(28-36-29-66-31-68-36)77-56(92)43(27-35-14-9-8-10-15-35)76-55(91)42(26-32(2)3)75-51(87)37(62)18-20-46(81)82/h8-10,14-15,29,31-34,37-45,48,69,80H,7,11-13,16-28,30,61-62H2,1-6H3,(H2,63,85)(H,66,68)(H,70,88)(H,71,86)(H,72,89)(H,73,90)(H,74,95)(H,75,87)(H,76,91)(H,77,92)(H,78,93)(H,79,94)(H,81,82)(H,83,84)(H4,64,65,67)/t33-,34-,37-,38-,39-,40-,41-,42-,43-,44-,45-,48-/m0/s1. The Morgan fingerprint density at radius 3 is 1.61 bits per heavy atom. The van der Waals surface area contributed by atoms with Crippen molar-refractivity contribution in [2.45, 2.75) is 191 Å². The molecule has 12 atom stereocenters. The first-order valence-electron chi connectivity index (χ1n) is 31.6. The van der Waals surface area contributed by atoms with Gasteiger partial charge in [-0.2, -0.15) is 0 Å². The minimum absolute atomic E-state index is 0.0482. The van der Waals surface area contributed by atoms with Crippen LogP contribution in [0.5, 0.6) is 0 Å². The molecule has 0 saturated heterocycles. The van der Waals surface area contributed by atoms with Crippen LogP contribution < -0.4 is 87.3 Å². The number of rotatable bonds is 48. The van der Waals surface area contributed by atoms with Gasteiger partial charge in [-0.1, -0.05) is 64.4 Å². The van der Waals surface area contributed by atoms with Crippen LogP contribution in [0.3, 0.4) is 0 Å². The number of hydrogen-bond donors (Lipinski definition) is 20. The second-order valence-corrected chi connectivity index (χ2v) is 23.4. The third-order valence-corrected chi connectivity index (χ3v) is 15.0. The van der Waals surface area contributed by atoms with Crippen LogP contribution in [-0.2, 0) is 80.0 Å². The molecular formula is C60H99N19O17. The van der Waals surface area contributed by atoms with Gasteiger partial charge in [0.25, 0.3) is 0 Å². The van der Waals surface area contributed by atoms with Crippen LogP contribution in [0.25, 0.3) is 0 Å². The van der Waals surface area contributed by atoms with E-state index >= 15 is 0 Å². The summed E-state index contributed by atoms with van der Waals surface area (Å²) in [5.41, 5.74) is 31.3. The number of nitrogens with one attached hydrogen (secondary N) is 12. The average Bonchev–Trinajstić information content (AvgIpc) is 1.02. The largest absolute Gasteiger partial charge is 0.481 e. The average molecular weight is 1360 g/mol. The van der Waals surface area contributed by atoms with Gasteiger partial charge >= 0.3 is 11.9 Å². The van der Waals surface area contributed by atoms with Crippen molar-refractivity contribution in [3.63, 3.8) is 0 Å². The van der Waals surface area contributed by atoms with Crippen molar-refractivity contribution >= 4 is 82.9 Å². The SMILES string of the molecule is CC[C@H](C)[C@H](NC(=O)[C@H](CO)NC(=O)[C@H](Cc1cnc[nH]1)NC(=O)[C@H](Cc1ccccc1)NC(=O)[C@H](CC(C)C)NC(=O)[C@@H](N)CCC(=O)O)C(=O)N[C@@H](CCNOC)C(=O)N[C@@H](CCC(=O)O)C(=O)N[C@@H](CCCCN)C(=O)N[C@@H](C)C(=O)N[C@@H](CCCN=C(N)N)C(N)=O. The van der Waals surface area contributed by atoms with Gasteiger partial charge in [0.2, 0.25) is 65.0 Å². The summed E-state index contributed by atoms with van der Waals surface area (Å²) < 4.78 is 0. The van der Waals surface area contributed by atoms with Crippen molar-refractivity contribution in [1.29, 1.82) is 0 Å². The number of guanidine groups is 1. The van der Waals surface area contributed by atoms with E-state index in [9.17, 15) is 72.5 Å². The molecule has 1 aromatic carbocycles. The fourth-order valence-corrected chi connectivity index (χ4v) is 9.39. The Labute approximate surface area is 556 Å². The summed E-state index contributed by atoms with van der Waals surface area (Å²) >= 11 is 0. The molecule has 96 heavy (non-hydrogen) atoms. The fraction of sp³-hybridized carbons (Fsp3) is 0.617. The summed E-state index contributed by atoms with van der Waals surface area (Å²) in [7, 11) is 1.27. The lowest BCUT2D eigenvalue weighted by molar-refractivity contribution is -0.139. The van der Waals surface area contributed by atoms with E-state index in [1.54, 1.807) is 58.0 Å². The van der Waals surface area contributed by atoms with Crippen molar-refractivity contribution in [3.05, 3.63) is 54.1 Å². The molecule has 0 radical (unpaired) electrons. The molecule has 0 spiro atoms. The predicted molar refractivity (Wildman–Crippen MR) is 347 cm³/mol. The third kappa shape index (κ3) is 31.7. The van der Waals surface area contributed by atoms with Crippen LogP contribution in [0, 0.1) is 11.8 Å². The molecule has 2 aromatic rings. The minimum Gasteiger partial charge on any atom is -0.481 e. The molecule has 0 aliphatic rings. The number of aromatic amines is 1. The Bertz CT molecular complexity index is 2880. The molecule has 0 aliphatic heterocycles. The minimum atomic E-state index is -1.81. The lowest BCUT2D eigenvalue weighted by Gasteiger charge is -2.29. The van der Waals surface area contributed by atoms with Crippen LogP contribution in [0.2, 0.25) is 0 Å². The van der Waals surface area contributed by atoms with E-state index < -0.39 is 175 Å². The zero-order valence-corrected chi connectivity index (χ0v) is 55.1. The summed E-state index contributed by atoms with van der Waals surface area (Å²) in [6.45, 7) is 7.26. The number of carboxylic acids is 2. The lowest BCUT2D eigenvalue weighted by atomic mass is 9.97. The normalized spacial score (nSPS) is 14.9. The van der Waals surface area contributed by atoms with E-state index in [4.69, 9.17) is 38.6 Å². The maximum Gasteiger partial charge on any atom is 0.303 e.